The van der Waals surface area contributed by atoms with Crippen LogP contribution in [0.4, 0.5) is 0 Å². The first-order valence-electron chi connectivity index (χ1n) is 10.0. The molecular formula is C20H28N2O6S. The van der Waals surface area contributed by atoms with Crippen LogP contribution in [0.1, 0.15) is 31.7 Å². The lowest BCUT2D eigenvalue weighted by atomic mass is 10.1. The summed E-state index contributed by atoms with van der Waals surface area (Å²) in [6, 6.07) is 6.54. The molecule has 29 heavy (non-hydrogen) atoms. The molecule has 3 rings (SSSR count). The third-order valence-corrected chi connectivity index (χ3v) is 7.14. The van der Waals surface area contributed by atoms with E-state index in [-0.39, 0.29) is 17.2 Å². The molecule has 2 aliphatic heterocycles. The van der Waals surface area contributed by atoms with Gasteiger partial charge in [-0.2, -0.15) is 4.31 Å². The molecule has 2 fully saturated rings. The molecule has 1 amide bonds. The average Bonchev–Trinajstić information content (AvgIpc) is 3.27. The van der Waals surface area contributed by atoms with E-state index in [1.807, 2.05) is 0 Å². The van der Waals surface area contributed by atoms with Gasteiger partial charge in [-0.05, 0) is 43.9 Å². The SMILES string of the molecule is C[C@H](OC(=O)CCc1ccc(S(=O)(=O)N2CCOCC2)cc1)C(=O)N1CCCC1. The van der Waals surface area contributed by atoms with E-state index in [2.05, 4.69) is 0 Å². The molecule has 2 heterocycles. The first kappa shape index (κ1) is 21.7. The van der Waals surface area contributed by atoms with Crippen molar-refractivity contribution < 1.29 is 27.5 Å². The summed E-state index contributed by atoms with van der Waals surface area (Å²) in [5, 5.41) is 0. The zero-order valence-corrected chi connectivity index (χ0v) is 17.5. The van der Waals surface area contributed by atoms with E-state index in [4.69, 9.17) is 9.47 Å². The molecule has 0 unspecified atom stereocenters. The molecule has 0 aromatic heterocycles. The summed E-state index contributed by atoms with van der Waals surface area (Å²) in [6.07, 6.45) is 1.75. The summed E-state index contributed by atoms with van der Waals surface area (Å²) >= 11 is 0. The molecule has 9 heteroatoms. The van der Waals surface area contributed by atoms with Crippen LogP contribution in [0.5, 0.6) is 0 Å². The number of benzene rings is 1. The van der Waals surface area contributed by atoms with E-state index in [0.717, 1.165) is 31.5 Å². The van der Waals surface area contributed by atoms with Gasteiger partial charge in [0.05, 0.1) is 18.1 Å². The van der Waals surface area contributed by atoms with E-state index >= 15 is 0 Å². The molecule has 1 aromatic rings. The number of hydrogen-bond acceptors (Lipinski definition) is 6. The minimum absolute atomic E-state index is 0.132. The minimum atomic E-state index is -3.52. The van der Waals surface area contributed by atoms with E-state index in [1.54, 1.807) is 36.1 Å². The smallest absolute Gasteiger partial charge is 0.306 e. The van der Waals surface area contributed by atoms with Gasteiger partial charge in [0.1, 0.15) is 0 Å². The Morgan fingerprint density at radius 3 is 2.31 bits per heavy atom. The fourth-order valence-electron chi connectivity index (χ4n) is 3.51. The van der Waals surface area contributed by atoms with Gasteiger partial charge in [-0.3, -0.25) is 9.59 Å². The van der Waals surface area contributed by atoms with Gasteiger partial charge in [-0.1, -0.05) is 12.1 Å². The van der Waals surface area contributed by atoms with E-state index in [9.17, 15) is 18.0 Å². The molecule has 0 aliphatic carbocycles. The van der Waals surface area contributed by atoms with Gasteiger partial charge in [0, 0.05) is 32.6 Å². The number of likely N-dealkylation sites (tertiary alicyclic amines) is 1. The Morgan fingerprint density at radius 1 is 1.07 bits per heavy atom. The largest absolute Gasteiger partial charge is 0.453 e. The van der Waals surface area contributed by atoms with Gasteiger partial charge >= 0.3 is 5.97 Å². The first-order valence-corrected chi connectivity index (χ1v) is 11.5. The molecule has 160 valence electrons. The van der Waals surface area contributed by atoms with Crippen LogP contribution in [-0.2, 0) is 35.5 Å². The Bertz CT molecular complexity index is 812. The molecule has 0 radical (unpaired) electrons. The van der Waals surface area contributed by atoms with Gasteiger partial charge in [-0.25, -0.2) is 8.42 Å². The summed E-state index contributed by atoms with van der Waals surface area (Å²) in [6.45, 7) is 4.55. The lowest BCUT2D eigenvalue weighted by Crippen LogP contribution is -2.40. The molecule has 0 saturated carbocycles. The number of rotatable bonds is 7. The monoisotopic (exact) mass is 424 g/mol. The standard InChI is InChI=1S/C20H28N2O6S/c1-16(20(24)21-10-2-3-11-21)28-19(23)9-6-17-4-7-18(8-5-17)29(25,26)22-12-14-27-15-13-22/h4-5,7-8,16H,2-3,6,9-15H2,1H3/t16-/m0/s1. The highest BCUT2D eigenvalue weighted by Crippen LogP contribution is 2.18. The number of nitrogens with zero attached hydrogens (tertiary/aromatic N) is 2. The number of esters is 1. The number of aryl methyl sites for hydroxylation is 1. The predicted octanol–water partition coefficient (Wildman–Crippen LogP) is 1.19. The number of hydrogen-bond donors (Lipinski definition) is 0. The van der Waals surface area contributed by atoms with E-state index in [1.165, 1.54) is 4.31 Å². The maximum absolute atomic E-state index is 12.6. The minimum Gasteiger partial charge on any atom is -0.453 e. The van der Waals surface area contributed by atoms with Crippen molar-refractivity contribution >= 4 is 21.9 Å². The van der Waals surface area contributed by atoms with Crippen molar-refractivity contribution in [3.8, 4) is 0 Å². The molecule has 8 nitrogen and oxygen atoms in total. The third kappa shape index (κ3) is 5.55. The lowest BCUT2D eigenvalue weighted by Gasteiger charge is -2.26. The molecule has 1 aromatic carbocycles. The molecule has 0 spiro atoms. The molecular weight excluding hydrogens is 396 g/mol. The average molecular weight is 425 g/mol. The van der Waals surface area contributed by atoms with Crippen LogP contribution in [0.2, 0.25) is 0 Å². The zero-order valence-electron chi connectivity index (χ0n) is 16.7. The normalized spacial score (nSPS) is 19.1. The Labute approximate surface area is 171 Å². The van der Waals surface area contributed by atoms with Gasteiger partial charge in [0.2, 0.25) is 10.0 Å². The number of morpholine rings is 1. The van der Waals surface area contributed by atoms with Gasteiger partial charge < -0.3 is 14.4 Å². The van der Waals surface area contributed by atoms with Crippen LogP contribution >= 0.6 is 0 Å². The highest BCUT2D eigenvalue weighted by molar-refractivity contribution is 7.89. The van der Waals surface area contributed by atoms with Crippen molar-refractivity contribution in [3.05, 3.63) is 29.8 Å². The van der Waals surface area contributed by atoms with E-state index < -0.39 is 22.1 Å². The van der Waals surface area contributed by atoms with Gasteiger partial charge in [-0.15, -0.1) is 0 Å². The van der Waals surface area contributed by atoms with Crippen LogP contribution < -0.4 is 0 Å². The first-order chi connectivity index (χ1) is 13.9. The summed E-state index contributed by atoms with van der Waals surface area (Å²) in [4.78, 5) is 26.2. The van der Waals surface area contributed by atoms with Crippen molar-refractivity contribution in [1.82, 2.24) is 9.21 Å². The van der Waals surface area contributed by atoms with E-state index in [0.29, 0.717) is 32.7 Å². The fourth-order valence-corrected chi connectivity index (χ4v) is 4.92. The molecule has 0 bridgehead atoms. The second-order valence-electron chi connectivity index (χ2n) is 7.32. The topological polar surface area (TPSA) is 93.2 Å². The maximum atomic E-state index is 12.6. The van der Waals surface area contributed by atoms with Crippen LogP contribution in [0, 0.1) is 0 Å². The molecule has 2 saturated heterocycles. The Kier molecular flexibility index (Phi) is 7.26. The molecule has 2 aliphatic rings. The Hall–Kier alpha value is -1.97. The molecule has 1 atom stereocenters. The van der Waals surface area contributed by atoms with Crippen LogP contribution in [0.15, 0.2) is 29.2 Å². The lowest BCUT2D eigenvalue weighted by molar-refractivity contribution is -0.158. The van der Waals surface area contributed by atoms with Crippen LogP contribution in [-0.4, -0.2) is 75.0 Å². The van der Waals surface area contributed by atoms with Crippen molar-refractivity contribution in [3.63, 3.8) is 0 Å². The third-order valence-electron chi connectivity index (χ3n) is 5.22. The quantitative estimate of drug-likeness (QED) is 0.611. The van der Waals surface area contributed by atoms with Crippen LogP contribution in [0.3, 0.4) is 0 Å². The molecule has 0 N–H and O–H groups in total. The van der Waals surface area contributed by atoms with Crippen molar-refractivity contribution in [2.75, 3.05) is 39.4 Å². The number of carbonyl (C=O) groups excluding carboxylic acids is 2. The number of sulfonamides is 1. The van der Waals surface area contributed by atoms with Gasteiger partial charge in [0.15, 0.2) is 6.10 Å². The van der Waals surface area contributed by atoms with Crippen molar-refractivity contribution in [1.29, 1.82) is 0 Å². The highest BCUT2D eigenvalue weighted by atomic mass is 32.2. The van der Waals surface area contributed by atoms with Crippen LogP contribution in [0.25, 0.3) is 0 Å². The van der Waals surface area contributed by atoms with Crippen molar-refractivity contribution in [2.24, 2.45) is 0 Å². The summed E-state index contributed by atoms with van der Waals surface area (Å²) in [5.74, 6) is -0.580. The number of amides is 1. The van der Waals surface area contributed by atoms with Crippen molar-refractivity contribution in [2.45, 2.75) is 43.6 Å². The second-order valence-corrected chi connectivity index (χ2v) is 9.26. The highest BCUT2D eigenvalue weighted by Gasteiger charge is 2.27. The maximum Gasteiger partial charge on any atom is 0.306 e. The zero-order chi connectivity index (χ0) is 20.9. The fraction of sp³-hybridized carbons (Fsp3) is 0.600. The van der Waals surface area contributed by atoms with Gasteiger partial charge in [0.25, 0.3) is 5.91 Å². The Morgan fingerprint density at radius 2 is 1.69 bits per heavy atom. The second kappa shape index (κ2) is 9.69. The number of carbonyl (C=O) groups is 2. The summed E-state index contributed by atoms with van der Waals surface area (Å²) in [5.41, 5.74) is 0.835. The predicted molar refractivity (Wildman–Crippen MR) is 106 cm³/mol. The summed E-state index contributed by atoms with van der Waals surface area (Å²) < 4.78 is 37.1. The Balaban J connectivity index is 1.49. The summed E-state index contributed by atoms with van der Waals surface area (Å²) in [7, 11) is -3.52. The number of ether oxygens (including phenoxy) is 2.